The zero-order valence-corrected chi connectivity index (χ0v) is 6.83. The lowest BCUT2D eigenvalue weighted by molar-refractivity contribution is 0.322. The van der Waals surface area contributed by atoms with Crippen LogP contribution < -0.4 is 5.32 Å². The maximum atomic E-state index is 8.19. The van der Waals surface area contributed by atoms with Gasteiger partial charge >= 0.3 is 0 Å². The number of hydrogen-bond acceptors (Lipinski definition) is 4. The maximum absolute atomic E-state index is 8.19. The van der Waals surface area contributed by atoms with Crippen LogP contribution >= 0.6 is 0 Å². The van der Waals surface area contributed by atoms with Gasteiger partial charge in [-0.25, -0.2) is 0 Å². The highest BCUT2D eigenvalue weighted by Crippen LogP contribution is 2.27. The molecule has 0 bridgehead atoms. The molecule has 12 heavy (non-hydrogen) atoms. The van der Waals surface area contributed by atoms with E-state index in [9.17, 15) is 0 Å². The predicted octanol–water partition coefficient (Wildman–Crippen LogP) is 0.979. The fourth-order valence-corrected chi connectivity index (χ4v) is 0.848. The Bertz CT molecular complexity index is 206. The fraction of sp³-hybridized carbons (Fsp3) is 0.500. The number of allylic oxidation sites excluding steroid dienone is 1. The molecule has 1 aliphatic carbocycles. The van der Waals surface area contributed by atoms with Crippen molar-refractivity contribution in [3.63, 3.8) is 0 Å². The van der Waals surface area contributed by atoms with Crippen LogP contribution in [0.1, 0.15) is 12.8 Å². The van der Waals surface area contributed by atoms with Gasteiger partial charge in [0.25, 0.3) is 0 Å². The van der Waals surface area contributed by atoms with Crippen molar-refractivity contribution in [1.29, 1.82) is 5.41 Å². The summed E-state index contributed by atoms with van der Waals surface area (Å²) in [5.41, 5.74) is 0.568. The summed E-state index contributed by atoms with van der Waals surface area (Å²) >= 11 is 0. The van der Waals surface area contributed by atoms with Gasteiger partial charge in [0, 0.05) is 24.5 Å². The molecule has 4 nitrogen and oxygen atoms in total. The van der Waals surface area contributed by atoms with Crippen LogP contribution in [0, 0.1) is 11.3 Å². The first-order chi connectivity index (χ1) is 5.86. The first-order valence-electron chi connectivity index (χ1n) is 3.98. The molecule has 0 atom stereocenters. The molecule has 0 aromatic heterocycles. The Hall–Kier alpha value is -1.32. The third-order valence-electron chi connectivity index (χ3n) is 1.75. The first-order valence-corrected chi connectivity index (χ1v) is 3.98. The molecule has 3 N–H and O–H groups in total. The molecule has 0 unspecified atom stereocenters. The van der Waals surface area contributed by atoms with E-state index in [1.807, 2.05) is 0 Å². The lowest BCUT2D eigenvalue weighted by Crippen LogP contribution is -2.10. The third-order valence-corrected chi connectivity index (χ3v) is 1.75. The van der Waals surface area contributed by atoms with E-state index in [4.69, 9.17) is 10.6 Å². The number of rotatable bonds is 5. The molecule has 1 saturated carbocycles. The zero-order chi connectivity index (χ0) is 8.81. The highest BCUT2D eigenvalue weighted by molar-refractivity contribution is 6.02. The minimum absolute atomic E-state index is 0.568. The van der Waals surface area contributed by atoms with Gasteiger partial charge < -0.3 is 15.9 Å². The Kier molecular flexibility index (Phi) is 3.32. The number of nitrogens with one attached hydrogen (secondary N) is 2. The van der Waals surface area contributed by atoms with Gasteiger partial charge in [-0.1, -0.05) is 5.16 Å². The largest absolute Gasteiger partial charge is 0.411 e. The monoisotopic (exact) mass is 167 g/mol. The molecule has 0 radical (unpaired) electrons. The van der Waals surface area contributed by atoms with Crippen LogP contribution in [0.4, 0.5) is 0 Å². The summed E-state index contributed by atoms with van der Waals surface area (Å²) in [5, 5.41) is 21.0. The molecule has 1 rings (SSSR count). The lowest BCUT2D eigenvalue weighted by Gasteiger charge is -1.97. The van der Waals surface area contributed by atoms with Crippen molar-refractivity contribution in [2.24, 2.45) is 11.1 Å². The second-order valence-corrected chi connectivity index (χ2v) is 2.88. The average Bonchev–Trinajstić information content (AvgIpc) is 2.87. The first kappa shape index (κ1) is 8.77. The fourth-order valence-electron chi connectivity index (χ4n) is 0.848. The second-order valence-electron chi connectivity index (χ2n) is 2.88. The Balaban J connectivity index is 2.24. The second kappa shape index (κ2) is 4.54. The standard InChI is InChI=1S/C8H13N3O/c9-3-8(6-11-12)5-10-4-7-1-2-7/h3,5-7,9-10,12H,1-2,4H2/b8-5+,9-3?,11-6+. The summed E-state index contributed by atoms with van der Waals surface area (Å²) in [6, 6.07) is 0. The smallest absolute Gasteiger partial charge is 0.0763 e. The lowest BCUT2D eigenvalue weighted by atomic mass is 10.3. The normalized spacial score (nSPS) is 18.2. The molecular weight excluding hydrogens is 154 g/mol. The molecule has 0 amide bonds. The molecule has 4 heteroatoms. The van der Waals surface area contributed by atoms with Crippen LogP contribution in [0.15, 0.2) is 16.9 Å². The third kappa shape index (κ3) is 3.18. The van der Waals surface area contributed by atoms with Crippen LogP contribution in [0.5, 0.6) is 0 Å². The Labute approximate surface area is 71.5 Å². The SMILES string of the molecule is N=CC(/C=N/O)=C\NCC1CC1. The topological polar surface area (TPSA) is 68.5 Å². The van der Waals surface area contributed by atoms with Crippen molar-refractivity contribution in [1.82, 2.24) is 5.32 Å². The molecule has 1 aliphatic rings. The molecule has 0 saturated heterocycles. The predicted molar refractivity (Wildman–Crippen MR) is 47.9 cm³/mol. The van der Waals surface area contributed by atoms with Gasteiger partial charge in [0.1, 0.15) is 0 Å². The summed E-state index contributed by atoms with van der Waals surface area (Å²) in [7, 11) is 0. The van der Waals surface area contributed by atoms with Crippen molar-refractivity contribution in [3.05, 3.63) is 11.8 Å². The molecule has 0 aromatic carbocycles. The maximum Gasteiger partial charge on any atom is 0.0763 e. The Morgan fingerprint density at radius 3 is 2.92 bits per heavy atom. The van der Waals surface area contributed by atoms with Crippen LogP contribution in [0.3, 0.4) is 0 Å². The molecule has 0 spiro atoms. The van der Waals surface area contributed by atoms with E-state index in [1.165, 1.54) is 19.1 Å². The van der Waals surface area contributed by atoms with E-state index >= 15 is 0 Å². The van der Waals surface area contributed by atoms with E-state index in [-0.39, 0.29) is 0 Å². The molecule has 66 valence electrons. The van der Waals surface area contributed by atoms with Gasteiger partial charge in [-0.3, -0.25) is 0 Å². The zero-order valence-electron chi connectivity index (χ0n) is 6.83. The van der Waals surface area contributed by atoms with Gasteiger partial charge in [0.15, 0.2) is 0 Å². The van der Waals surface area contributed by atoms with E-state index < -0.39 is 0 Å². The Morgan fingerprint density at radius 1 is 1.67 bits per heavy atom. The number of hydrogen-bond donors (Lipinski definition) is 3. The highest BCUT2D eigenvalue weighted by atomic mass is 16.4. The number of nitrogens with zero attached hydrogens (tertiary/aromatic N) is 1. The van der Waals surface area contributed by atoms with Crippen molar-refractivity contribution in [2.75, 3.05) is 6.54 Å². The summed E-state index contributed by atoms with van der Waals surface area (Å²) in [5.74, 6) is 0.805. The summed E-state index contributed by atoms with van der Waals surface area (Å²) in [6.07, 6.45) is 6.65. The molecule has 0 aromatic rings. The highest BCUT2D eigenvalue weighted by Gasteiger charge is 2.19. The summed E-state index contributed by atoms with van der Waals surface area (Å²) in [4.78, 5) is 0. The van der Waals surface area contributed by atoms with Crippen molar-refractivity contribution >= 4 is 12.4 Å². The van der Waals surface area contributed by atoms with Gasteiger partial charge in [-0.15, -0.1) is 0 Å². The summed E-state index contributed by atoms with van der Waals surface area (Å²) in [6.45, 7) is 0.955. The minimum Gasteiger partial charge on any atom is -0.411 e. The summed E-state index contributed by atoms with van der Waals surface area (Å²) < 4.78 is 0. The van der Waals surface area contributed by atoms with Crippen LogP contribution in [0.2, 0.25) is 0 Å². The van der Waals surface area contributed by atoms with Crippen LogP contribution in [-0.4, -0.2) is 24.2 Å². The molecule has 0 heterocycles. The average molecular weight is 167 g/mol. The van der Waals surface area contributed by atoms with Gasteiger partial charge in [0.2, 0.25) is 0 Å². The molecule has 1 fully saturated rings. The van der Waals surface area contributed by atoms with Gasteiger partial charge in [-0.2, -0.15) is 0 Å². The quantitative estimate of drug-likeness (QED) is 0.324. The molecule has 0 aliphatic heterocycles. The van der Waals surface area contributed by atoms with Gasteiger partial charge in [0.05, 0.1) is 6.21 Å². The van der Waals surface area contributed by atoms with Crippen LogP contribution in [-0.2, 0) is 0 Å². The van der Waals surface area contributed by atoms with Crippen LogP contribution in [0.25, 0.3) is 0 Å². The van der Waals surface area contributed by atoms with Crippen molar-refractivity contribution in [3.8, 4) is 0 Å². The van der Waals surface area contributed by atoms with Crippen molar-refractivity contribution < 1.29 is 5.21 Å². The van der Waals surface area contributed by atoms with Crippen molar-refractivity contribution in [2.45, 2.75) is 12.8 Å². The van der Waals surface area contributed by atoms with E-state index in [1.54, 1.807) is 6.20 Å². The Morgan fingerprint density at radius 2 is 2.42 bits per heavy atom. The number of oxime groups is 1. The van der Waals surface area contributed by atoms with Gasteiger partial charge in [-0.05, 0) is 18.8 Å². The van der Waals surface area contributed by atoms with E-state index in [2.05, 4.69) is 10.5 Å². The minimum atomic E-state index is 0.568. The van der Waals surface area contributed by atoms with E-state index in [0.717, 1.165) is 18.7 Å². The van der Waals surface area contributed by atoms with E-state index in [0.29, 0.717) is 5.57 Å². The molecular formula is C8H13N3O.